The molecule has 3 rings (SSSR count). The van der Waals surface area contributed by atoms with Crippen LogP contribution in [-0.4, -0.2) is 49.4 Å². The molecule has 5 nitrogen and oxygen atoms in total. The van der Waals surface area contributed by atoms with Crippen LogP contribution in [0.25, 0.3) is 0 Å². The number of rotatable bonds is 8. The third-order valence-corrected chi connectivity index (χ3v) is 5.17. The number of carbonyl (C=O) groups excluding carboxylic acids is 1. The van der Waals surface area contributed by atoms with Gasteiger partial charge in [-0.1, -0.05) is 41.6 Å². The molecule has 1 atom stereocenters. The molecule has 5 heteroatoms. The highest BCUT2D eigenvalue weighted by Gasteiger charge is 2.26. The molecule has 2 aliphatic rings. The van der Waals surface area contributed by atoms with Gasteiger partial charge in [-0.2, -0.15) is 0 Å². The first-order valence-electron chi connectivity index (χ1n) is 10.1. The van der Waals surface area contributed by atoms with Crippen LogP contribution >= 0.6 is 0 Å². The zero-order valence-electron chi connectivity index (χ0n) is 16.2. The van der Waals surface area contributed by atoms with Crippen LogP contribution in [0, 0.1) is 5.92 Å². The normalized spacial score (nSPS) is 21.0. The second-order valence-corrected chi connectivity index (χ2v) is 7.15. The van der Waals surface area contributed by atoms with Crippen molar-refractivity contribution in [2.24, 2.45) is 11.1 Å². The summed E-state index contributed by atoms with van der Waals surface area (Å²) in [7, 11) is 0. The van der Waals surface area contributed by atoms with Crippen molar-refractivity contribution in [3.05, 3.63) is 47.5 Å². The van der Waals surface area contributed by atoms with E-state index in [1.165, 1.54) is 12.0 Å². The molecule has 1 heterocycles. The Hall–Kier alpha value is -2.14. The van der Waals surface area contributed by atoms with Gasteiger partial charge in [0.2, 0.25) is 0 Å². The van der Waals surface area contributed by atoms with Crippen LogP contribution in [0.3, 0.4) is 0 Å². The third-order valence-electron chi connectivity index (χ3n) is 5.17. The molecule has 1 aromatic carbocycles. The van der Waals surface area contributed by atoms with E-state index < -0.39 is 0 Å². The number of likely N-dealkylation sites (tertiary alicyclic amines) is 1. The summed E-state index contributed by atoms with van der Waals surface area (Å²) in [5.74, 6) is -0.0774. The maximum Gasteiger partial charge on any atom is 0.310 e. The molecule has 1 aromatic rings. The van der Waals surface area contributed by atoms with Crippen LogP contribution in [-0.2, 0) is 14.4 Å². The lowest BCUT2D eigenvalue weighted by Gasteiger charge is -2.30. The molecule has 27 heavy (non-hydrogen) atoms. The Morgan fingerprint density at radius 1 is 1.26 bits per heavy atom. The molecule has 0 radical (unpaired) electrons. The number of benzene rings is 1. The molecule has 0 amide bonds. The lowest BCUT2D eigenvalue weighted by Crippen LogP contribution is -2.40. The number of carbonyl (C=O) groups is 1. The maximum atomic E-state index is 12.0. The molecule has 1 fully saturated rings. The lowest BCUT2D eigenvalue weighted by molar-refractivity contribution is -0.150. The first kappa shape index (κ1) is 19.6. The molecule has 1 aliphatic carbocycles. The highest BCUT2D eigenvalue weighted by Crippen LogP contribution is 2.23. The number of allylic oxidation sites excluding steroid dienone is 2. The number of nitrogens with zero attached hydrogens (tertiary/aromatic N) is 2. The molecule has 0 unspecified atom stereocenters. The van der Waals surface area contributed by atoms with Gasteiger partial charge in [0.15, 0.2) is 0 Å². The van der Waals surface area contributed by atoms with Crippen molar-refractivity contribution in [3.8, 4) is 0 Å². The number of hydrogen-bond acceptors (Lipinski definition) is 5. The smallest absolute Gasteiger partial charge is 0.310 e. The van der Waals surface area contributed by atoms with Crippen LogP contribution in [0.4, 0.5) is 0 Å². The van der Waals surface area contributed by atoms with Gasteiger partial charge in [0, 0.05) is 18.7 Å². The minimum Gasteiger partial charge on any atom is -0.466 e. The van der Waals surface area contributed by atoms with E-state index in [1.807, 2.05) is 25.1 Å². The summed E-state index contributed by atoms with van der Waals surface area (Å²) in [5.41, 5.74) is 3.34. The summed E-state index contributed by atoms with van der Waals surface area (Å²) in [4.78, 5) is 19.9. The van der Waals surface area contributed by atoms with E-state index in [2.05, 4.69) is 28.3 Å². The second kappa shape index (κ2) is 10.3. The Kier molecular flexibility index (Phi) is 7.45. The first-order valence-corrected chi connectivity index (χ1v) is 10.1. The van der Waals surface area contributed by atoms with Crippen molar-refractivity contribution in [1.29, 1.82) is 0 Å². The van der Waals surface area contributed by atoms with Gasteiger partial charge < -0.3 is 9.57 Å². The summed E-state index contributed by atoms with van der Waals surface area (Å²) in [5, 5.41) is 4.47. The van der Waals surface area contributed by atoms with Gasteiger partial charge >= 0.3 is 5.97 Å². The quantitative estimate of drug-likeness (QED) is 0.302. The van der Waals surface area contributed by atoms with E-state index in [-0.39, 0.29) is 11.9 Å². The number of ether oxygens (including phenoxy) is 1. The van der Waals surface area contributed by atoms with Crippen LogP contribution < -0.4 is 0 Å². The fraction of sp³-hybridized carbons (Fsp3) is 0.545. The summed E-state index contributed by atoms with van der Waals surface area (Å²) in [6, 6.07) is 10.2. The van der Waals surface area contributed by atoms with Gasteiger partial charge in [-0.05, 0) is 51.1 Å². The van der Waals surface area contributed by atoms with E-state index in [0.717, 1.165) is 56.6 Å². The summed E-state index contributed by atoms with van der Waals surface area (Å²) >= 11 is 0. The zero-order chi connectivity index (χ0) is 18.9. The average Bonchev–Trinajstić information content (AvgIpc) is 3.23. The van der Waals surface area contributed by atoms with Crippen molar-refractivity contribution in [3.63, 3.8) is 0 Å². The number of oxime groups is 1. The van der Waals surface area contributed by atoms with Gasteiger partial charge in [-0.25, -0.2) is 0 Å². The Balaban J connectivity index is 1.53. The molecular formula is C22H30N2O3. The summed E-state index contributed by atoms with van der Waals surface area (Å²) < 4.78 is 5.17. The van der Waals surface area contributed by atoms with Crippen molar-refractivity contribution in [2.75, 3.05) is 32.8 Å². The highest BCUT2D eigenvalue weighted by molar-refractivity contribution is 6.12. The van der Waals surface area contributed by atoms with Gasteiger partial charge in [0.1, 0.15) is 12.3 Å². The Morgan fingerprint density at radius 3 is 2.85 bits per heavy atom. The fourth-order valence-electron chi connectivity index (χ4n) is 3.77. The van der Waals surface area contributed by atoms with Crippen molar-refractivity contribution >= 4 is 11.7 Å². The van der Waals surface area contributed by atoms with Crippen LogP contribution in [0.1, 0.15) is 44.6 Å². The first-order chi connectivity index (χ1) is 13.3. The fourth-order valence-corrected chi connectivity index (χ4v) is 3.77. The molecule has 0 bridgehead atoms. The standard InChI is InChI=1S/C22H30N2O3/c1-2-26-22(25)20-13-8-14-24(17-20)15-16-27-23-21(19-11-6-7-12-19)18-9-4-3-5-10-18/h3-5,9-11,20H,2,6-8,12-17H2,1H3/b23-21-/t20-/m1/s1. The molecule has 146 valence electrons. The number of esters is 1. The van der Waals surface area contributed by atoms with Crippen molar-refractivity contribution < 1.29 is 14.4 Å². The molecule has 0 N–H and O–H groups in total. The maximum absolute atomic E-state index is 12.0. The molecule has 1 aliphatic heterocycles. The predicted molar refractivity (Wildman–Crippen MR) is 107 cm³/mol. The molecular weight excluding hydrogens is 340 g/mol. The number of hydrogen-bond donors (Lipinski definition) is 0. The Morgan fingerprint density at radius 2 is 2.11 bits per heavy atom. The molecule has 0 spiro atoms. The predicted octanol–water partition coefficient (Wildman–Crippen LogP) is 3.79. The van der Waals surface area contributed by atoms with Gasteiger partial charge in [0.25, 0.3) is 0 Å². The summed E-state index contributed by atoms with van der Waals surface area (Å²) in [6.45, 7) is 5.36. The van der Waals surface area contributed by atoms with E-state index in [9.17, 15) is 4.79 Å². The minimum absolute atomic E-state index is 0.00859. The van der Waals surface area contributed by atoms with E-state index in [4.69, 9.17) is 9.57 Å². The van der Waals surface area contributed by atoms with Crippen LogP contribution in [0.15, 0.2) is 47.1 Å². The zero-order valence-corrected chi connectivity index (χ0v) is 16.2. The second-order valence-electron chi connectivity index (χ2n) is 7.15. The minimum atomic E-state index is -0.0688. The van der Waals surface area contributed by atoms with E-state index in [0.29, 0.717) is 13.2 Å². The van der Waals surface area contributed by atoms with Crippen LogP contribution in [0.5, 0.6) is 0 Å². The lowest BCUT2D eigenvalue weighted by atomic mass is 9.98. The number of piperidine rings is 1. The topological polar surface area (TPSA) is 51.1 Å². The van der Waals surface area contributed by atoms with Gasteiger partial charge in [0.05, 0.1) is 12.5 Å². The molecule has 1 saturated heterocycles. The third kappa shape index (κ3) is 5.67. The van der Waals surface area contributed by atoms with Crippen molar-refractivity contribution in [2.45, 2.75) is 39.0 Å². The average molecular weight is 370 g/mol. The van der Waals surface area contributed by atoms with Crippen LogP contribution in [0.2, 0.25) is 0 Å². The molecule has 0 aromatic heterocycles. The monoisotopic (exact) mass is 370 g/mol. The highest BCUT2D eigenvalue weighted by atomic mass is 16.6. The Labute approximate surface area is 162 Å². The van der Waals surface area contributed by atoms with Gasteiger partial charge in [-0.3, -0.25) is 9.69 Å². The molecule has 0 saturated carbocycles. The summed E-state index contributed by atoms with van der Waals surface area (Å²) in [6.07, 6.45) is 7.57. The van der Waals surface area contributed by atoms with E-state index in [1.54, 1.807) is 0 Å². The van der Waals surface area contributed by atoms with E-state index >= 15 is 0 Å². The van der Waals surface area contributed by atoms with Gasteiger partial charge in [-0.15, -0.1) is 0 Å². The Bertz CT molecular complexity index is 669. The SMILES string of the molecule is CCOC(=O)[C@@H]1CCCN(CCO/N=C(\C2=CCCC2)c2ccccc2)C1. The largest absolute Gasteiger partial charge is 0.466 e. The van der Waals surface area contributed by atoms with Crippen molar-refractivity contribution in [1.82, 2.24) is 4.90 Å².